The Balaban J connectivity index is 1.18. The van der Waals surface area contributed by atoms with Crippen LogP contribution in [0.3, 0.4) is 0 Å². The van der Waals surface area contributed by atoms with Gasteiger partial charge >= 0.3 is 0 Å². The summed E-state index contributed by atoms with van der Waals surface area (Å²) in [7, 11) is 0. The fourth-order valence-electron chi connectivity index (χ4n) is 6.86. The summed E-state index contributed by atoms with van der Waals surface area (Å²) >= 11 is 6.78. The molecular formula is C27H29ClN4. The summed E-state index contributed by atoms with van der Waals surface area (Å²) in [5.41, 5.74) is 11.3. The van der Waals surface area contributed by atoms with Crippen LogP contribution >= 0.6 is 11.6 Å². The van der Waals surface area contributed by atoms with Gasteiger partial charge in [0.05, 0.1) is 16.4 Å². The predicted octanol–water partition coefficient (Wildman–Crippen LogP) is 7.27. The second-order valence-corrected chi connectivity index (χ2v) is 10.6. The van der Waals surface area contributed by atoms with Crippen molar-refractivity contribution in [3.8, 4) is 0 Å². The van der Waals surface area contributed by atoms with Crippen LogP contribution in [0.15, 0.2) is 60.8 Å². The van der Waals surface area contributed by atoms with Gasteiger partial charge in [-0.05, 0) is 116 Å². The van der Waals surface area contributed by atoms with E-state index in [2.05, 4.69) is 33.8 Å². The van der Waals surface area contributed by atoms with Crippen LogP contribution in [0.5, 0.6) is 0 Å². The van der Waals surface area contributed by atoms with Crippen molar-refractivity contribution in [1.82, 2.24) is 4.98 Å². The summed E-state index contributed by atoms with van der Waals surface area (Å²) in [6.07, 6.45) is 10.2. The average molecular weight is 445 g/mol. The molecule has 0 spiro atoms. The van der Waals surface area contributed by atoms with Gasteiger partial charge in [0.25, 0.3) is 0 Å². The molecule has 4 N–H and O–H groups in total. The number of aromatic nitrogens is 1. The number of benzene rings is 2. The van der Waals surface area contributed by atoms with Crippen molar-refractivity contribution in [2.45, 2.75) is 43.9 Å². The molecule has 4 aliphatic carbocycles. The third kappa shape index (κ3) is 3.61. The van der Waals surface area contributed by atoms with E-state index in [9.17, 15) is 0 Å². The maximum atomic E-state index is 6.78. The summed E-state index contributed by atoms with van der Waals surface area (Å²) in [5, 5.41) is 7.54. The lowest BCUT2D eigenvalue weighted by Crippen LogP contribution is -2.48. The summed E-state index contributed by atoms with van der Waals surface area (Å²) < 4.78 is 0. The van der Waals surface area contributed by atoms with Crippen LogP contribution in [0.25, 0.3) is 0 Å². The van der Waals surface area contributed by atoms with Gasteiger partial charge in [0, 0.05) is 17.6 Å². The molecule has 7 rings (SSSR count). The molecule has 4 nitrogen and oxygen atoms in total. The van der Waals surface area contributed by atoms with Crippen molar-refractivity contribution in [3.63, 3.8) is 0 Å². The lowest BCUT2D eigenvalue weighted by molar-refractivity contribution is -0.00517. The van der Waals surface area contributed by atoms with Gasteiger partial charge in [0.2, 0.25) is 0 Å². The van der Waals surface area contributed by atoms with E-state index in [1.165, 1.54) is 44.1 Å². The molecule has 0 aliphatic heterocycles. The second-order valence-electron chi connectivity index (χ2n) is 10.2. The summed E-state index contributed by atoms with van der Waals surface area (Å²) in [6, 6.07) is 18.5. The summed E-state index contributed by atoms with van der Waals surface area (Å²) in [4.78, 5) is 4.28. The molecule has 4 bridgehead atoms. The maximum Gasteiger partial charge on any atom is 0.153 e. The number of hydrogen-bond acceptors (Lipinski definition) is 4. The van der Waals surface area contributed by atoms with E-state index in [0.717, 1.165) is 39.8 Å². The molecule has 0 unspecified atom stereocenters. The van der Waals surface area contributed by atoms with Crippen molar-refractivity contribution in [2.24, 2.45) is 17.8 Å². The normalized spacial score (nSPS) is 28.0. The Morgan fingerprint density at radius 3 is 2.06 bits per heavy atom. The minimum Gasteiger partial charge on any atom is -0.396 e. The van der Waals surface area contributed by atoms with Crippen LogP contribution < -0.4 is 16.4 Å². The molecule has 5 heteroatoms. The molecule has 0 atom stereocenters. The molecule has 0 saturated heterocycles. The Kier molecular flexibility index (Phi) is 4.80. The first-order valence-electron chi connectivity index (χ1n) is 11.7. The van der Waals surface area contributed by atoms with Crippen LogP contribution in [-0.4, -0.2) is 4.98 Å². The standard InChI is InChI=1S/C27H29ClN4/c28-23-13-20(27-14-17-10-18(15-27)12-19(11-17)16-27)3-8-25(23)31-21-4-6-22(7-5-21)32-26-24(29)2-1-9-30-26/h1-9,13,17-19,31H,10-12,14-16,29H2,(H,30,32). The van der Waals surface area contributed by atoms with Crippen LogP contribution in [0, 0.1) is 17.8 Å². The van der Waals surface area contributed by atoms with Gasteiger partial charge in [-0.2, -0.15) is 0 Å². The quantitative estimate of drug-likeness (QED) is 0.387. The first kappa shape index (κ1) is 19.9. The van der Waals surface area contributed by atoms with Gasteiger partial charge in [-0.3, -0.25) is 0 Å². The number of nitrogens with two attached hydrogens (primary N) is 1. The number of nitrogens with one attached hydrogen (secondary N) is 2. The molecule has 3 aromatic rings. The molecule has 4 aliphatic rings. The zero-order valence-electron chi connectivity index (χ0n) is 18.2. The monoisotopic (exact) mass is 444 g/mol. The first-order valence-corrected chi connectivity index (χ1v) is 12.1. The Morgan fingerprint density at radius 2 is 1.47 bits per heavy atom. The Hall–Kier alpha value is -2.72. The highest BCUT2D eigenvalue weighted by Gasteiger charge is 2.51. The maximum absolute atomic E-state index is 6.78. The topological polar surface area (TPSA) is 63.0 Å². The number of hydrogen-bond donors (Lipinski definition) is 3. The highest BCUT2D eigenvalue weighted by Crippen LogP contribution is 2.61. The average Bonchev–Trinajstić information content (AvgIpc) is 2.77. The van der Waals surface area contributed by atoms with Gasteiger partial charge in [-0.15, -0.1) is 0 Å². The number of rotatable bonds is 5. The molecule has 4 saturated carbocycles. The van der Waals surface area contributed by atoms with Crippen molar-refractivity contribution in [2.75, 3.05) is 16.4 Å². The van der Waals surface area contributed by atoms with Crippen molar-refractivity contribution in [3.05, 3.63) is 71.4 Å². The van der Waals surface area contributed by atoms with Gasteiger partial charge in [-0.1, -0.05) is 17.7 Å². The van der Waals surface area contributed by atoms with Gasteiger partial charge in [0.15, 0.2) is 5.82 Å². The molecular weight excluding hydrogens is 416 g/mol. The Bertz CT molecular complexity index is 1110. The van der Waals surface area contributed by atoms with E-state index in [1.807, 2.05) is 36.4 Å². The lowest BCUT2D eigenvalue weighted by atomic mass is 9.48. The third-order valence-electron chi connectivity index (χ3n) is 7.89. The molecule has 0 amide bonds. The highest BCUT2D eigenvalue weighted by molar-refractivity contribution is 6.33. The third-order valence-corrected chi connectivity index (χ3v) is 8.20. The number of nitrogen functional groups attached to an aromatic ring is 1. The van der Waals surface area contributed by atoms with E-state index in [0.29, 0.717) is 16.9 Å². The predicted molar refractivity (Wildman–Crippen MR) is 133 cm³/mol. The van der Waals surface area contributed by atoms with E-state index >= 15 is 0 Å². The van der Waals surface area contributed by atoms with Crippen molar-refractivity contribution in [1.29, 1.82) is 0 Å². The molecule has 1 heterocycles. The number of halogens is 1. The van der Waals surface area contributed by atoms with Gasteiger partial charge in [-0.25, -0.2) is 4.98 Å². The van der Waals surface area contributed by atoms with Crippen molar-refractivity contribution < 1.29 is 0 Å². The first-order chi connectivity index (χ1) is 15.6. The second kappa shape index (κ2) is 7.70. The van der Waals surface area contributed by atoms with E-state index in [1.54, 1.807) is 6.20 Å². The number of pyridine rings is 1. The van der Waals surface area contributed by atoms with Crippen LogP contribution in [0.2, 0.25) is 5.02 Å². The van der Waals surface area contributed by atoms with Crippen LogP contribution in [-0.2, 0) is 5.41 Å². The van der Waals surface area contributed by atoms with E-state index in [-0.39, 0.29) is 0 Å². The van der Waals surface area contributed by atoms with Gasteiger partial charge < -0.3 is 16.4 Å². The molecule has 2 aromatic carbocycles. The summed E-state index contributed by atoms with van der Waals surface area (Å²) in [6.45, 7) is 0. The largest absolute Gasteiger partial charge is 0.396 e. The van der Waals surface area contributed by atoms with E-state index in [4.69, 9.17) is 17.3 Å². The zero-order chi connectivity index (χ0) is 21.7. The summed E-state index contributed by atoms with van der Waals surface area (Å²) in [5.74, 6) is 3.47. The Morgan fingerprint density at radius 1 is 0.844 bits per heavy atom. The number of nitrogens with zero attached hydrogens (tertiary/aromatic N) is 1. The number of anilines is 5. The minimum atomic E-state index is 0.373. The molecule has 4 fully saturated rings. The molecule has 164 valence electrons. The fraction of sp³-hybridized carbons (Fsp3) is 0.370. The van der Waals surface area contributed by atoms with Gasteiger partial charge in [0.1, 0.15) is 0 Å². The SMILES string of the molecule is Nc1cccnc1Nc1ccc(Nc2ccc(C34CC5CC(CC(C5)C3)C4)cc2Cl)cc1. The van der Waals surface area contributed by atoms with Crippen LogP contribution in [0.1, 0.15) is 44.1 Å². The minimum absolute atomic E-state index is 0.373. The smallest absolute Gasteiger partial charge is 0.153 e. The Labute approximate surface area is 194 Å². The molecule has 1 aromatic heterocycles. The van der Waals surface area contributed by atoms with Crippen LogP contribution in [0.4, 0.5) is 28.6 Å². The fourth-order valence-corrected chi connectivity index (χ4v) is 7.09. The van der Waals surface area contributed by atoms with Crippen molar-refractivity contribution >= 4 is 40.2 Å². The lowest BCUT2D eigenvalue weighted by Gasteiger charge is -2.57. The molecule has 0 radical (unpaired) electrons. The molecule has 32 heavy (non-hydrogen) atoms. The highest BCUT2D eigenvalue weighted by atomic mass is 35.5. The van der Waals surface area contributed by atoms with E-state index < -0.39 is 0 Å². The zero-order valence-corrected chi connectivity index (χ0v) is 18.9.